The van der Waals surface area contributed by atoms with Crippen LogP contribution in [-0.2, 0) is 6.42 Å². The number of hydrogen-bond acceptors (Lipinski definition) is 3. The van der Waals surface area contributed by atoms with Gasteiger partial charge in [0.1, 0.15) is 10.8 Å². The lowest BCUT2D eigenvalue weighted by atomic mass is 9.97. The highest BCUT2D eigenvalue weighted by Gasteiger charge is 2.19. The Labute approximate surface area is 107 Å². The van der Waals surface area contributed by atoms with E-state index in [1.165, 1.54) is 0 Å². The number of halogens is 1. The quantitative estimate of drug-likeness (QED) is 0.639. The summed E-state index contributed by atoms with van der Waals surface area (Å²) in [7, 11) is 0. The average Bonchev–Trinajstić information content (AvgIpc) is 2.21. The van der Waals surface area contributed by atoms with Gasteiger partial charge in [-0.3, -0.25) is 0 Å². The molecule has 1 unspecified atom stereocenters. The van der Waals surface area contributed by atoms with Crippen LogP contribution >= 0.6 is 11.6 Å². The highest BCUT2D eigenvalue weighted by molar-refractivity contribution is 6.29. The molecule has 2 N–H and O–H groups in total. The average molecular weight is 253 g/mol. The third-order valence-electron chi connectivity index (χ3n) is 2.24. The number of rotatable bonds is 4. The van der Waals surface area contributed by atoms with Gasteiger partial charge in [-0.2, -0.15) is 0 Å². The Bertz CT molecular complexity index is 436. The molecule has 0 radical (unpaired) electrons. The minimum absolute atomic E-state index is 0.267. The monoisotopic (exact) mass is 252 g/mol. The van der Waals surface area contributed by atoms with E-state index in [1.807, 2.05) is 13.8 Å². The standard InChI is InChI=1S/C13H17ClN2O/c1-5-13(4,17)7-10-8-15-12(14)6-11(10)16-9(2)3/h1,6,8-9,17H,7H2,2-4H3,(H,15,16). The van der Waals surface area contributed by atoms with Crippen molar-refractivity contribution in [2.75, 3.05) is 5.32 Å². The summed E-state index contributed by atoms with van der Waals surface area (Å²) < 4.78 is 0. The molecule has 0 spiro atoms. The van der Waals surface area contributed by atoms with Crippen LogP contribution in [0.1, 0.15) is 26.3 Å². The number of nitrogens with zero attached hydrogens (tertiary/aromatic N) is 1. The molecule has 3 nitrogen and oxygen atoms in total. The van der Waals surface area contributed by atoms with Gasteiger partial charge in [0.25, 0.3) is 0 Å². The zero-order valence-electron chi connectivity index (χ0n) is 10.3. The lowest BCUT2D eigenvalue weighted by Crippen LogP contribution is -2.25. The number of pyridine rings is 1. The second-order valence-electron chi connectivity index (χ2n) is 4.56. The van der Waals surface area contributed by atoms with E-state index in [2.05, 4.69) is 16.2 Å². The molecule has 0 aliphatic heterocycles. The SMILES string of the molecule is C#CC(C)(O)Cc1cnc(Cl)cc1NC(C)C. The second-order valence-corrected chi connectivity index (χ2v) is 4.95. The first-order valence-electron chi connectivity index (χ1n) is 5.45. The van der Waals surface area contributed by atoms with Gasteiger partial charge in [0.15, 0.2) is 0 Å². The predicted octanol–water partition coefficient (Wildman–Crippen LogP) is 2.48. The summed E-state index contributed by atoms with van der Waals surface area (Å²) in [4.78, 5) is 4.01. The molecule has 0 saturated heterocycles. The van der Waals surface area contributed by atoms with Crippen LogP contribution in [0.15, 0.2) is 12.3 Å². The molecule has 0 fully saturated rings. The molecular formula is C13H17ClN2O. The third-order valence-corrected chi connectivity index (χ3v) is 2.45. The molecule has 92 valence electrons. The fourth-order valence-electron chi connectivity index (χ4n) is 1.47. The second kappa shape index (κ2) is 5.39. The van der Waals surface area contributed by atoms with Crippen LogP contribution in [0.4, 0.5) is 5.69 Å². The van der Waals surface area contributed by atoms with Crippen molar-refractivity contribution in [3.63, 3.8) is 0 Å². The fraction of sp³-hybridized carbons (Fsp3) is 0.462. The summed E-state index contributed by atoms with van der Waals surface area (Å²) in [6.07, 6.45) is 7.24. The lowest BCUT2D eigenvalue weighted by molar-refractivity contribution is 0.123. The summed E-state index contributed by atoms with van der Waals surface area (Å²) in [6, 6.07) is 2.01. The Morgan fingerprint density at radius 2 is 2.29 bits per heavy atom. The summed E-state index contributed by atoms with van der Waals surface area (Å²) in [5, 5.41) is 13.6. The van der Waals surface area contributed by atoms with Crippen molar-refractivity contribution in [3.05, 3.63) is 23.0 Å². The Morgan fingerprint density at radius 1 is 1.65 bits per heavy atom. The largest absolute Gasteiger partial charge is 0.383 e. The molecule has 17 heavy (non-hydrogen) atoms. The minimum Gasteiger partial charge on any atom is -0.383 e. The Morgan fingerprint density at radius 3 is 2.82 bits per heavy atom. The van der Waals surface area contributed by atoms with E-state index in [1.54, 1.807) is 19.2 Å². The van der Waals surface area contributed by atoms with E-state index in [0.29, 0.717) is 11.6 Å². The van der Waals surface area contributed by atoms with E-state index in [4.69, 9.17) is 18.0 Å². The third kappa shape index (κ3) is 4.26. The fourth-order valence-corrected chi connectivity index (χ4v) is 1.62. The van der Waals surface area contributed by atoms with Gasteiger partial charge in [0, 0.05) is 24.3 Å². The van der Waals surface area contributed by atoms with E-state index in [9.17, 15) is 5.11 Å². The van der Waals surface area contributed by atoms with Gasteiger partial charge in [0.05, 0.1) is 0 Å². The van der Waals surface area contributed by atoms with Crippen molar-refractivity contribution in [1.82, 2.24) is 4.98 Å². The van der Waals surface area contributed by atoms with Crippen molar-refractivity contribution in [2.45, 2.75) is 38.8 Å². The molecule has 0 aliphatic carbocycles. The van der Waals surface area contributed by atoms with Crippen molar-refractivity contribution in [3.8, 4) is 12.3 Å². The van der Waals surface area contributed by atoms with Gasteiger partial charge in [-0.1, -0.05) is 17.5 Å². The molecule has 0 bridgehead atoms. The van der Waals surface area contributed by atoms with Gasteiger partial charge in [-0.05, 0) is 32.4 Å². The van der Waals surface area contributed by atoms with Crippen LogP contribution in [0, 0.1) is 12.3 Å². The van der Waals surface area contributed by atoms with Crippen molar-refractivity contribution >= 4 is 17.3 Å². The molecule has 1 heterocycles. The van der Waals surface area contributed by atoms with Gasteiger partial charge in [-0.25, -0.2) is 4.98 Å². The van der Waals surface area contributed by atoms with Gasteiger partial charge < -0.3 is 10.4 Å². The van der Waals surface area contributed by atoms with E-state index in [-0.39, 0.29) is 6.04 Å². The summed E-state index contributed by atoms with van der Waals surface area (Å²) in [6.45, 7) is 5.65. The molecular weight excluding hydrogens is 236 g/mol. The summed E-state index contributed by atoms with van der Waals surface area (Å²) in [5.74, 6) is 2.35. The van der Waals surface area contributed by atoms with Crippen LogP contribution in [0.25, 0.3) is 0 Å². The van der Waals surface area contributed by atoms with E-state index >= 15 is 0 Å². The number of aromatic nitrogens is 1. The van der Waals surface area contributed by atoms with Gasteiger partial charge >= 0.3 is 0 Å². The lowest BCUT2D eigenvalue weighted by Gasteiger charge is -2.20. The van der Waals surface area contributed by atoms with Gasteiger partial charge in [-0.15, -0.1) is 6.42 Å². The Hall–Kier alpha value is -1.24. The molecule has 1 rings (SSSR count). The first kappa shape index (κ1) is 13.8. The molecule has 0 aliphatic rings. The highest BCUT2D eigenvalue weighted by atomic mass is 35.5. The molecule has 1 aromatic heterocycles. The Kier molecular flexibility index (Phi) is 4.39. The molecule has 0 saturated carbocycles. The number of anilines is 1. The molecule has 1 aromatic rings. The molecule has 0 aromatic carbocycles. The number of nitrogens with one attached hydrogen (secondary N) is 1. The summed E-state index contributed by atoms with van der Waals surface area (Å²) in [5.41, 5.74) is 0.532. The maximum Gasteiger partial charge on any atom is 0.131 e. The van der Waals surface area contributed by atoms with Crippen molar-refractivity contribution < 1.29 is 5.11 Å². The number of hydrogen-bond donors (Lipinski definition) is 2. The first-order valence-corrected chi connectivity index (χ1v) is 5.83. The topological polar surface area (TPSA) is 45.2 Å². The van der Waals surface area contributed by atoms with Crippen LogP contribution in [0.5, 0.6) is 0 Å². The Balaban J connectivity index is 3.03. The molecule has 1 atom stereocenters. The number of terminal acetylenes is 1. The van der Waals surface area contributed by atoms with E-state index in [0.717, 1.165) is 11.3 Å². The van der Waals surface area contributed by atoms with Crippen molar-refractivity contribution in [2.24, 2.45) is 0 Å². The highest BCUT2D eigenvalue weighted by Crippen LogP contribution is 2.23. The van der Waals surface area contributed by atoms with E-state index < -0.39 is 5.60 Å². The van der Waals surface area contributed by atoms with Crippen LogP contribution < -0.4 is 5.32 Å². The summed E-state index contributed by atoms with van der Waals surface area (Å²) >= 11 is 5.85. The zero-order valence-corrected chi connectivity index (χ0v) is 11.0. The molecule has 0 amide bonds. The van der Waals surface area contributed by atoms with Gasteiger partial charge in [0.2, 0.25) is 0 Å². The minimum atomic E-state index is -1.18. The number of aliphatic hydroxyl groups is 1. The van der Waals surface area contributed by atoms with Crippen molar-refractivity contribution in [1.29, 1.82) is 0 Å². The zero-order chi connectivity index (χ0) is 13.1. The molecule has 4 heteroatoms. The first-order chi connectivity index (χ1) is 7.84. The van der Waals surface area contributed by atoms with Crippen LogP contribution in [0.3, 0.4) is 0 Å². The van der Waals surface area contributed by atoms with Crippen LogP contribution in [-0.4, -0.2) is 21.7 Å². The maximum absolute atomic E-state index is 9.88. The normalized spacial score (nSPS) is 14.2. The maximum atomic E-state index is 9.88. The van der Waals surface area contributed by atoms with Crippen LogP contribution in [0.2, 0.25) is 5.15 Å². The predicted molar refractivity (Wildman–Crippen MR) is 71.2 cm³/mol. The smallest absolute Gasteiger partial charge is 0.131 e.